The molecule has 1 atom stereocenters. The number of carbonyl (C=O) groups excluding carboxylic acids is 1. The van der Waals surface area contributed by atoms with Gasteiger partial charge in [-0.3, -0.25) is 19.9 Å². The fraction of sp³-hybridized carbons (Fsp3) is 0.385. The molecule has 0 radical (unpaired) electrons. The van der Waals surface area contributed by atoms with Gasteiger partial charge < -0.3 is 9.80 Å². The lowest BCUT2D eigenvalue weighted by Crippen LogP contribution is -2.46. The molecule has 0 spiro atoms. The van der Waals surface area contributed by atoms with Crippen molar-refractivity contribution >= 4 is 6.03 Å². The Labute approximate surface area is 207 Å². The Morgan fingerprint density at radius 3 is 2.31 bits per heavy atom. The number of nitrogens with zero attached hydrogens (tertiary/aromatic N) is 6. The average Bonchev–Trinajstić information content (AvgIpc) is 3.38. The number of halogens is 3. The highest BCUT2D eigenvalue weighted by Crippen LogP contribution is 2.31. The van der Waals surface area contributed by atoms with Crippen molar-refractivity contribution in [3.8, 4) is 0 Å². The van der Waals surface area contributed by atoms with E-state index in [2.05, 4.69) is 19.9 Å². The van der Waals surface area contributed by atoms with Crippen molar-refractivity contribution in [2.45, 2.75) is 44.7 Å². The minimum absolute atomic E-state index is 0.136. The quantitative estimate of drug-likeness (QED) is 0.531. The summed E-state index contributed by atoms with van der Waals surface area (Å²) in [5, 5.41) is 0. The van der Waals surface area contributed by atoms with Crippen LogP contribution in [0.15, 0.2) is 61.3 Å². The second-order valence-corrected chi connectivity index (χ2v) is 9.30. The summed E-state index contributed by atoms with van der Waals surface area (Å²) in [6, 6.07) is 9.03. The molecular formula is C26H27F3N6O. The molecule has 2 amide bonds. The van der Waals surface area contributed by atoms with E-state index in [0.29, 0.717) is 50.4 Å². The van der Waals surface area contributed by atoms with E-state index in [4.69, 9.17) is 0 Å². The predicted octanol–water partition coefficient (Wildman–Crippen LogP) is 4.15. The zero-order valence-corrected chi connectivity index (χ0v) is 19.7. The fourth-order valence-corrected chi connectivity index (χ4v) is 4.92. The van der Waals surface area contributed by atoms with Crippen LogP contribution in [0.4, 0.5) is 18.0 Å². The fourth-order valence-electron chi connectivity index (χ4n) is 4.92. The summed E-state index contributed by atoms with van der Waals surface area (Å²) in [7, 11) is 0. The Bertz CT molecular complexity index is 1150. The molecular weight excluding hydrogens is 469 g/mol. The van der Waals surface area contributed by atoms with E-state index < -0.39 is 11.7 Å². The molecule has 7 nitrogen and oxygen atoms in total. The summed E-state index contributed by atoms with van der Waals surface area (Å²) in [5.41, 5.74) is 2.50. The molecule has 0 aromatic carbocycles. The monoisotopic (exact) mass is 496 g/mol. The summed E-state index contributed by atoms with van der Waals surface area (Å²) >= 11 is 0. The van der Waals surface area contributed by atoms with E-state index in [1.165, 1.54) is 0 Å². The normalized spacial score (nSPS) is 17.9. The van der Waals surface area contributed by atoms with Crippen molar-refractivity contribution in [1.82, 2.24) is 29.7 Å². The summed E-state index contributed by atoms with van der Waals surface area (Å²) in [4.78, 5) is 31.6. The van der Waals surface area contributed by atoms with Gasteiger partial charge in [0.1, 0.15) is 0 Å². The van der Waals surface area contributed by atoms with Crippen LogP contribution >= 0.6 is 0 Å². The topological polar surface area (TPSA) is 65.5 Å². The van der Waals surface area contributed by atoms with Crippen molar-refractivity contribution < 1.29 is 18.0 Å². The molecule has 2 aliphatic heterocycles. The summed E-state index contributed by atoms with van der Waals surface area (Å²) in [6.45, 7) is 3.13. The zero-order valence-electron chi connectivity index (χ0n) is 19.7. The molecule has 3 aromatic rings. The van der Waals surface area contributed by atoms with Gasteiger partial charge in [0.15, 0.2) is 0 Å². The Morgan fingerprint density at radius 1 is 1.00 bits per heavy atom. The second-order valence-electron chi connectivity index (χ2n) is 9.30. The highest BCUT2D eigenvalue weighted by molar-refractivity contribution is 5.75. The van der Waals surface area contributed by atoms with E-state index in [1.807, 2.05) is 41.6 Å². The molecule has 10 heteroatoms. The van der Waals surface area contributed by atoms with Crippen molar-refractivity contribution in [1.29, 1.82) is 0 Å². The Hall–Kier alpha value is -3.53. The van der Waals surface area contributed by atoms with Crippen LogP contribution in [0.1, 0.15) is 34.4 Å². The van der Waals surface area contributed by atoms with E-state index in [9.17, 15) is 18.0 Å². The number of alkyl halides is 3. The van der Waals surface area contributed by atoms with Gasteiger partial charge >= 0.3 is 12.2 Å². The van der Waals surface area contributed by atoms with Crippen LogP contribution in [0.3, 0.4) is 0 Å². The van der Waals surface area contributed by atoms with Crippen molar-refractivity contribution in [3.05, 3.63) is 89.3 Å². The third kappa shape index (κ3) is 5.48. The van der Waals surface area contributed by atoms with Crippen LogP contribution < -0.4 is 0 Å². The van der Waals surface area contributed by atoms with Crippen molar-refractivity contribution in [2.75, 3.05) is 19.6 Å². The molecule has 5 rings (SSSR count). The number of hydrogen-bond donors (Lipinski definition) is 0. The Morgan fingerprint density at radius 2 is 1.69 bits per heavy atom. The molecule has 3 aromatic heterocycles. The molecule has 0 bridgehead atoms. The third-order valence-corrected chi connectivity index (χ3v) is 6.80. The number of rotatable bonds is 5. The average molecular weight is 497 g/mol. The maximum Gasteiger partial charge on any atom is 0.417 e. The van der Waals surface area contributed by atoms with Gasteiger partial charge in [-0.1, -0.05) is 12.1 Å². The summed E-state index contributed by atoms with van der Waals surface area (Å²) in [6.07, 6.45) is 4.87. The maximum atomic E-state index is 13.3. The molecule has 2 aliphatic rings. The molecule has 1 unspecified atom stereocenters. The zero-order chi connectivity index (χ0) is 25.1. The number of amides is 2. The number of pyridine rings is 3. The number of fused-ring (bicyclic) bond motifs is 1. The van der Waals surface area contributed by atoms with Gasteiger partial charge in [-0.05, 0) is 41.3 Å². The SMILES string of the molecule is O=C(N1CCc2ncc(C(F)(F)F)cc2C1)N1CCC(N(Cc2cccnc2)Cc2cccnc2)C1. The van der Waals surface area contributed by atoms with E-state index >= 15 is 0 Å². The van der Waals surface area contributed by atoms with E-state index in [0.717, 1.165) is 29.8 Å². The van der Waals surface area contributed by atoms with Gasteiger partial charge in [-0.2, -0.15) is 13.2 Å². The summed E-state index contributed by atoms with van der Waals surface area (Å²) in [5.74, 6) is 0. The number of aromatic nitrogens is 3. The minimum atomic E-state index is -4.46. The molecule has 1 saturated heterocycles. The van der Waals surface area contributed by atoms with Crippen molar-refractivity contribution in [3.63, 3.8) is 0 Å². The third-order valence-electron chi connectivity index (χ3n) is 6.80. The summed E-state index contributed by atoms with van der Waals surface area (Å²) < 4.78 is 39.4. The number of carbonyl (C=O) groups is 1. The first-order valence-corrected chi connectivity index (χ1v) is 12.0. The first kappa shape index (κ1) is 24.2. The van der Waals surface area contributed by atoms with Crippen LogP contribution in [0.25, 0.3) is 0 Å². The lowest BCUT2D eigenvalue weighted by Gasteiger charge is -2.33. The van der Waals surface area contributed by atoms with Crippen LogP contribution in [0, 0.1) is 0 Å². The van der Waals surface area contributed by atoms with Gasteiger partial charge in [0.2, 0.25) is 0 Å². The van der Waals surface area contributed by atoms with Gasteiger partial charge in [-0.25, -0.2) is 4.79 Å². The smallest absolute Gasteiger partial charge is 0.323 e. The second kappa shape index (κ2) is 10.2. The molecule has 36 heavy (non-hydrogen) atoms. The van der Waals surface area contributed by atoms with Crippen molar-refractivity contribution in [2.24, 2.45) is 0 Å². The molecule has 5 heterocycles. The maximum absolute atomic E-state index is 13.3. The lowest BCUT2D eigenvalue weighted by atomic mass is 10.0. The minimum Gasteiger partial charge on any atom is -0.323 e. The molecule has 0 N–H and O–H groups in total. The van der Waals surface area contributed by atoms with E-state index in [1.54, 1.807) is 17.3 Å². The lowest BCUT2D eigenvalue weighted by molar-refractivity contribution is -0.137. The first-order valence-electron chi connectivity index (χ1n) is 12.0. The molecule has 0 aliphatic carbocycles. The van der Waals surface area contributed by atoms with E-state index in [-0.39, 0.29) is 18.6 Å². The Balaban J connectivity index is 1.27. The van der Waals surface area contributed by atoms with Crippen LogP contribution in [0.5, 0.6) is 0 Å². The van der Waals surface area contributed by atoms with Gasteiger partial charge in [0, 0.05) is 88.4 Å². The van der Waals surface area contributed by atoms with Crippen LogP contribution in [-0.4, -0.2) is 61.4 Å². The highest BCUT2D eigenvalue weighted by Gasteiger charge is 2.36. The Kier molecular flexibility index (Phi) is 6.86. The number of urea groups is 1. The number of likely N-dealkylation sites (tertiary alicyclic amines) is 1. The van der Waals surface area contributed by atoms with Crippen LogP contribution in [-0.2, 0) is 32.2 Å². The number of hydrogen-bond acceptors (Lipinski definition) is 5. The van der Waals surface area contributed by atoms with Gasteiger partial charge in [-0.15, -0.1) is 0 Å². The largest absolute Gasteiger partial charge is 0.417 e. The van der Waals surface area contributed by atoms with Crippen LogP contribution in [0.2, 0.25) is 0 Å². The van der Waals surface area contributed by atoms with Gasteiger partial charge in [0.05, 0.1) is 5.56 Å². The van der Waals surface area contributed by atoms with Gasteiger partial charge in [0.25, 0.3) is 0 Å². The standard InChI is InChI=1S/C26H27F3N6O/c27-26(28,29)22-11-21-17-33(10-6-24(21)32-14-22)25(36)34-9-5-23(18-34)35(15-19-3-1-7-30-12-19)16-20-4-2-8-31-13-20/h1-4,7-8,11-14,23H,5-6,9-10,15-18H2. The first-order chi connectivity index (χ1) is 17.4. The molecule has 0 saturated carbocycles. The predicted molar refractivity (Wildman–Crippen MR) is 126 cm³/mol. The molecule has 1 fully saturated rings. The molecule has 188 valence electrons. The highest BCUT2D eigenvalue weighted by atomic mass is 19.4.